The van der Waals surface area contributed by atoms with Crippen LogP contribution in [0.1, 0.15) is 149 Å². The molecule has 0 bridgehead atoms. The van der Waals surface area contributed by atoms with Gasteiger partial charge in [0.2, 0.25) is 0 Å². The molecule has 0 amide bonds. The van der Waals surface area contributed by atoms with E-state index in [0.29, 0.717) is 6.42 Å². The number of aliphatic hydroxyl groups is 2. The lowest BCUT2D eigenvalue weighted by atomic mass is 10.1. The van der Waals surface area contributed by atoms with Crippen LogP contribution in [0.2, 0.25) is 0 Å². The largest absolute Gasteiger partial charge is 0.472 e. The summed E-state index contributed by atoms with van der Waals surface area (Å²) in [5.74, 6) is -1.11. The smallest absolute Gasteiger partial charge is 0.457 e. The Bertz CT molecular complexity index is 761. The quantitative estimate of drug-likeness (QED) is 0.0286. The molecule has 0 rings (SSSR count). The fourth-order valence-corrected chi connectivity index (χ4v) is 5.34. The van der Waals surface area contributed by atoms with E-state index in [1.54, 1.807) is 6.92 Å². The van der Waals surface area contributed by atoms with Crippen LogP contribution < -0.4 is 0 Å². The van der Waals surface area contributed by atoms with E-state index < -0.39 is 58.4 Å². The topological polar surface area (TPSA) is 149 Å². The number of aliphatic hydroxyl groups excluding tert-OH is 2. The molecule has 0 fully saturated rings. The van der Waals surface area contributed by atoms with Crippen molar-refractivity contribution in [2.45, 2.75) is 161 Å². The highest BCUT2D eigenvalue weighted by Gasteiger charge is 2.27. The Labute approximate surface area is 266 Å². The molecular weight excluding hydrogens is 587 g/mol. The van der Waals surface area contributed by atoms with E-state index in [4.69, 9.17) is 18.5 Å². The Balaban J connectivity index is 3.71. The minimum absolute atomic E-state index is 0.0746. The zero-order valence-electron chi connectivity index (χ0n) is 27.6. The van der Waals surface area contributed by atoms with Crippen LogP contribution in [-0.2, 0) is 32.7 Å². The number of ether oxygens (including phenoxy) is 2. The molecule has 10 nitrogen and oxygen atoms in total. The maximum atomic E-state index is 12.1. The molecular formula is C33H63O10P. The molecule has 0 radical (unpaired) electrons. The normalized spacial score (nSPS) is 14.4. The Morgan fingerprint density at radius 3 is 1.41 bits per heavy atom. The van der Waals surface area contributed by atoms with E-state index in [1.807, 2.05) is 0 Å². The van der Waals surface area contributed by atoms with Gasteiger partial charge < -0.3 is 24.6 Å². The molecule has 3 unspecified atom stereocenters. The number of unbranched alkanes of at least 4 members (excludes halogenated alkanes) is 17. The zero-order valence-corrected chi connectivity index (χ0v) is 28.5. The third kappa shape index (κ3) is 28.2. The molecule has 0 aromatic heterocycles. The molecule has 0 saturated heterocycles. The minimum atomic E-state index is -4.59. The van der Waals surface area contributed by atoms with Gasteiger partial charge in [-0.2, -0.15) is 0 Å². The lowest BCUT2D eigenvalue weighted by Crippen LogP contribution is -2.28. The number of allylic oxidation sites excluding steroid dienone is 2. The summed E-state index contributed by atoms with van der Waals surface area (Å²) in [4.78, 5) is 33.2. The first kappa shape index (κ1) is 42.7. The number of carbonyl (C=O) groups is 2. The van der Waals surface area contributed by atoms with Crippen LogP contribution in [0.25, 0.3) is 0 Å². The molecule has 3 atom stereocenters. The standard InChI is InChI=1S/C33H63O10P/c1-3-5-6-7-8-9-10-11-12-13-14-15-16-17-18-19-20-21-22-23-24-25-33(37)43-31(27-35)29-41-44(38,39)40-28-30(26-34)42-32(36)4-2/h13-14,30-31,34-35H,3-12,15-29H2,1-2H3,(H,38,39)/b14-13-. The zero-order chi connectivity index (χ0) is 32.7. The molecule has 0 aromatic rings. The van der Waals surface area contributed by atoms with Crippen molar-refractivity contribution < 1.29 is 47.8 Å². The van der Waals surface area contributed by atoms with Gasteiger partial charge in [0.1, 0.15) is 12.2 Å². The van der Waals surface area contributed by atoms with Gasteiger partial charge >= 0.3 is 19.8 Å². The van der Waals surface area contributed by atoms with Crippen LogP contribution in [0.5, 0.6) is 0 Å². The van der Waals surface area contributed by atoms with Gasteiger partial charge in [-0.25, -0.2) is 4.57 Å². The summed E-state index contributed by atoms with van der Waals surface area (Å²) >= 11 is 0. The van der Waals surface area contributed by atoms with E-state index in [0.717, 1.165) is 19.3 Å². The maximum Gasteiger partial charge on any atom is 0.472 e. The minimum Gasteiger partial charge on any atom is -0.457 e. The number of phosphoric ester groups is 1. The number of hydrogen-bond acceptors (Lipinski definition) is 9. The molecule has 0 aliphatic rings. The van der Waals surface area contributed by atoms with Gasteiger partial charge in [-0.15, -0.1) is 0 Å². The second-order valence-electron chi connectivity index (χ2n) is 11.5. The van der Waals surface area contributed by atoms with Gasteiger partial charge in [0.05, 0.1) is 26.4 Å². The van der Waals surface area contributed by atoms with Gasteiger partial charge in [0.25, 0.3) is 0 Å². The highest BCUT2D eigenvalue weighted by Crippen LogP contribution is 2.43. The predicted molar refractivity (Wildman–Crippen MR) is 173 cm³/mol. The first-order chi connectivity index (χ1) is 21.3. The van der Waals surface area contributed by atoms with E-state index in [9.17, 15) is 29.3 Å². The van der Waals surface area contributed by atoms with Gasteiger partial charge in [-0.05, 0) is 32.1 Å². The van der Waals surface area contributed by atoms with Crippen molar-refractivity contribution in [2.24, 2.45) is 0 Å². The second kappa shape index (κ2) is 30.4. The summed E-state index contributed by atoms with van der Waals surface area (Å²) in [7, 11) is -4.59. The van der Waals surface area contributed by atoms with Crippen molar-refractivity contribution in [3.05, 3.63) is 12.2 Å². The number of esters is 2. The Morgan fingerprint density at radius 1 is 0.614 bits per heavy atom. The van der Waals surface area contributed by atoms with Crippen LogP contribution in [0.4, 0.5) is 0 Å². The molecule has 0 aliphatic heterocycles. The van der Waals surface area contributed by atoms with Crippen molar-refractivity contribution in [2.75, 3.05) is 26.4 Å². The van der Waals surface area contributed by atoms with Gasteiger partial charge in [-0.3, -0.25) is 18.6 Å². The molecule has 0 saturated carbocycles. The van der Waals surface area contributed by atoms with Gasteiger partial charge in [-0.1, -0.05) is 116 Å². The molecule has 0 aliphatic carbocycles. The summed E-state index contributed by atoms with van der Waals surface area (Å²) in [6.45, 7) is 1.53. The molecule has 3 N–H and O–H groups in total. The van der Waals surface area contributed by atoms with Crippen LogP contribution in [0.3, 0.4) is 0 Å². The van der Waals surface area contributed by atoms with Crippen LogP contribution >= 0.6 is 7.82 Å². The van der Waals surface area contributed by atoms with E-state index in [1.165, 1.54) is 96.3 Å². The van der Waals surface area contributed by atoms with Gasteiger partial charge in [0.15, 0.2) is 0 Å². The maximum absolute atomic E-state index is 12.1. The Morgan fingerprint density at radius 2 is 1.00 bits per heavy atom. The fraction of sp³-hybridized carbons (Fsp3) is 0.879. The third-order valence-electron chi connectivity index (χ3n) is 7.28. The molecule has 44 heavy (non-hydrogen) atoms. The molecule has 11 heteroatoms. The predicted octanol–water partition coefficient (Wildman–Crippen LogP) is 7.72. The van der Waals surface area contributed by atoms with Crippen LogP contribution in [0.15, 0.2) is 12.2 Å². The van der Waals surface area contributed by atoms with E-state index >= 15 is 0 Å². The van der Waals surface area contributed by atoms with E-state index in [-0.39, 0.29) is 12.8 Å². The van der Waals surface area contributed by atoms with Gasteiger partial charge in [0, 0.05) is 12.8 Å². The van der Waals surface area contributed by atoms with Crippen molar-refractivity contribution >= 4 is 19.8 Å². The average Bonchev–Trinajstić information content (AvgIpc) is 3.01. The molecule has 260 valence electrons. The first-order valence-corrected chi connectivity index (χ1v) is 18.6. The van der Waals surface area contributed by atoms with Crippen molar-refractivity contribution in [1.29, 1.82) is 0 Å². The summed E-state index contributed by atoms with van der Waals surface area (Å²) in [5.41, 5.74) is 0. The molecule has 0 heterocycles. The summed E-state index contributed by atoms with van der Waals surface area (Å²) < 4.78 is 31.5. The molecule has 0 aromatic carbocycles. The monoisotopic (exact) mass is 650 g/mol. The SMILES string of the molecule is CCCCCCCCCC/C=C\CCCCCCCCCCCC(=O)OC(CO)COP(=O)(O)OCC(CO)OC(=O)CC. The number of rotatable bonds is 32. The molecule has 0 spiro atoms. The first-order valence-electron chi connectivity index (χ1n) is 17.1. The van der Waals surface area contributed by atoms with Crippen LogP contribution in [0, 0.1) is 0 Å². The number of phosphoric acid groups is 1. The Hall–Kier alpha value is -1.29. The van der Waals surface area contributed by atoms with Crippen molar-refractivity contribution in [3.63, 3.8) is 0 Å². The lowest BCUT2D eigenvalue weighted by molar-refractivity contribution is -0.153. The highest BCUT2D eigenvalue weighted by atomic mass is 31.2. The number of hydrogen-bond donors (Lipinski definition) is 3. The average molecular weight is 651 g/mol. The summed E-state index contributed by atoms with van der Waals surface area (Å²) in [6.07, 6.45) is 26.1. The van der Waals surface area contributed by atoms with E-state index in [2.05, 4.69) is 19.1 Å². The second-order valence-corrected chi connectivity index (χ2v) is 12.9. The third-order valence-corrected chi connectivity index (χ3v) is 8.23. The highest BCUT2D eigenvalue weighted by molar-refractivity contribution is 7.47. The van der Waals surface area contributed by atoms with Crippen molar-refractivity contribution in [3.8, 4) is 0 Å². The fourth-order valence-electron chi connectivity index (χ4n) is 4.55. The van der Waals surface area contributed by atoms with Crippen molar-refractivity contribution in [1.82, 2.24) is 0 Å². The number of carbonyl (C=O) groups excluding carboxylic acids is 2. The lowest BCUT2D eigenvalue weighted by Gasteiger charge is -2.20. The Kier molecular flexibility index (Phi) is 29.5. The summed E-state index contributed by atoms with van der Waals surface area (Å²) in [6, 6.07) is 0. The summed E-state index contributed by atoms with van der Waals surface area (Å²) in [5, 5.41) is 18.6. The van der Waals surface area contributed by atoms with Crippen LogP contribution in [-0.4, -0.2) is 65.7 Å².